The van der Waals surface area contributed by atoms with E-state index in [-0.39, 0.29) is 0 Å². The minimum Gasteiger partial charge on any atom is -0.466 e. The Balaban J connectivity index is 2.73. The molecule has 0 saturated carbocycles. The third-order valence-corrected chi connectivity index (χ3v) is 2.60. The average molecular weight is 243 g/mol. The summed E-state index contributed by atoms with van der Waals surface area (Å²) in [7, 11) is 0. The van der Waals surface area contributed by atoms with E-state index in [0.29, 0.717) is 17.2 Å². The fourth-order valence-corrected chi connectivity index (χ4v) is 1.48. The van der Waals surface area contributed by atoms with Crippen LogP contribution in [0.3, 0.4) is 0 Å². The van der Waals surface area contributed by atoms with Gasteiger partial charge in [0.2, 0.25) is 0 Å². The molecule has 0 aromatic heterocycles. The number of ether oxygens (including phenoxy) is 1. The van der Waals surface area contributed by atoms with Crippen LogP contribution in [0.25, 0.3) is 0 Å². The maximum absolute atomic E-state index is 11.4. The standard InChI is InChI=1S/C12H15ClO3/c1-3-16-12(15)8(2)11(14)9-4-6-10(13)7-5-9/h4-8,11,14H,3H2,1-2H3. The first-order valence-corrected chi connectivity index (χ1v) is 5.54. The molecule has 0 bridgehead atoms. The molecule has 0 amide bonds. The largest absolute Gasteiger partial charge is 0.466 e. The highest BCUT2D eigenvalue weighted by Gasteiger charge is 2.24. The highest BCUT2D eigenvalue weighted by molar-refractivity contribution is 6.30. The Hall–Kier alpha value is -1.06. The summed E-state index contributed by atoms with van der Waals surface area (Å²) in [5, 5.41) is 10.5. The third-order valence-electron chi connectivity index (χ3n) is 2.34. The van der Waals surface area contributed by atoms with Gasteiger partial charge in [0.15, 0.2) is 0 Å². The van der Waals surface area contributed by atoms with Crippen molar-refractivity contribution in [1.82, 2.24) is 0 Å². The van der Waals surface area contributed by atoms with E-state index < -0.39 is 18.0 Å². The molecule has 0 spiro atoms. The molecule has 4 heteroatoms. The Morgan fingerprint density at radius 1 is 1.44 bits per heavy atom. The predicted molar refractivity (Wildman–Crippen MR) is 62.2 cm³/mol. The summed E-state index contributed by atoms with van der Waals surface area (Å²) < 4.78 is 4.85. The van der Waals surface area contributed by atoms with Crippen molar-refractivity contribution in [2.45, 2.75) is 20.0 Å². The summed E-state index contributed by atoms with van der Waals surface area (Å²) in [6.07, 6.45) is -0.865. The van der Waals surface area contributed by atoms with Crippen molar-refractivity contribution in [1.29, 1.82) is 0 Å². The number of carbonyl (C=O) groups is 1. The van der Waals surface area contributed by atoms with Crippen LogP contribution in [0, 0.1) is 5.92 Å². The van der Waals surface area contributed by atoms with Gasteiger partial charge in [-0.25, -0.2) is 0 Å². The van der Waals surface area contributed by atoms with Gasteiger partial charge in [-0.1, -0.05) is 23.7 Å². The Kier molecular flexibility index (Phi) is 4.77. The van der Waals surface area contributed by atoms with Crippen LogP contribution < -0.4 is 0 Å². The maximum atomic E-state index is 11.4. The molecule has 0 saturated heterocycles. The van der Waals surface area contributed by atoms with Crippen molar-refractivity contribution in [2.24, 2.45) is 5.92 Å². The summed E-state index contributed by atoms with van der Waals surface area (Å²) in [4.78, 5) is 11.4. The highest BCUT2D eigenvalue weighted by Crippen LogP contribution is 2.24. The minimum atomic E-state index is -0.865. The molecule has 0 fully saturated rings. The zero-order valence-electron chi connectivity index (χ0n) is 9.31. The molecule has 0 aliphatic rings. The van der Waals surface area contributed by atoms with Gasteiger partial charge in [0, 0.05) is 5.02 Å². The molecule has 1 aromatic carbocycles. The molecule has 0 aliphatic heterocycles. The number of hydrogen-bond acceptors (Lipinski definition) is 3. The maximum Gasteiger partial charge on any atom is 0.311 e. The molecule has 2 atom stereocenters. The zero-order chi connectivity index (χ0) is 12.1. The van der Waals surface area contributed by atoms with Gasteiger partial charge in [0.1, 0.15) is 0 Å². The molecule has 1 N–H and O–H groups in total. The number of esters is 1. The fraction of sp³-hybridized carbons (Fsp3) is 0.417. The molecule has 0 radical (unpaired) electrons. The van der Waals surface area contributed by atoms with Gasteiger partial charge in [-0.3, -0.25) is 4.79 Å². The molecule has 2 unspecified atom stereocenters. The monoisotopic (exact) mass is 242 g/mol. The number of aliphatic hydroxyl groups excluding tert-OH is 1. The van der Waals surface area contributed by atoms with Gasteiger partial charge in [0.05, 0.1) is 18.6 Å². The lowest BCUT2D eigenvalue weighted by Crippen LogP contribution is -2.21. The molecule has 0 heterocycles. The Bertz CT molecular complexity index is 348. The number of benzene rings is 1. The van der Waals surface area contributed by atoms with Gasteiger partial charge in [-0.05, 0) is 31.5 Å². The molecule has 3 nitrogen and oxygen atoms in total. The van der Waals surface area contributed by atoms with E-state index in [4.69, 9.17) is 16.3 Å². The molecule has 1 aromatic rings. The van der Waals surface area contributed by atoms with Gasteiger partial charge < -0.3 is 9.84 Å². The van der Waals surface area contributed by atoms with Crippen molar-refractivity contribution < 1.29 is 14.6 Å². The Morgan fingerprint density at radius 3 is 2.50 bits per heavy atom. The molecule has 16 heavy (non-hydrogen) atoms. The quantitative estimate of drug-likeness (QED) is 0.826. The van der Waals surface area contributed by atoms with Crippen LogP contribution in [-0.4, -0.2) is 17.7 Å². The smallest absolute Gasteiger partial charge is 0.311 e. The molecule has 1 rings (SSSR count). The van der Waals surface area contributed by atoms with Crippen molar-refractivity contribution in [3.63, 3.8) is 0 Å². The highest BCUT2D eigenvalue weighted by atomic mass is 35.5. The molecule has 88 valence electrons. The minimum absolute atomic E-state index is 0.316. The normalized spacial score (nSPS) is 14.2. The number of rotatable bonds is 4. The SMILES string of the molecule is CCOC(=O)C(C)C(O)c1ccc(Cl)cc1. The van der Waals surface area contributed by atoms with E-state index in [2.05, 4.69) is 0 Å². The first kappa shape index (κ1) is 13.0. The molecular formula is C12H15ClO3. The summed E-state index contributed by atoms with van der Waals surface area (Å²) in [5.74, 6) is -0.980. The lowest BCUT2D eigenvalue weighted by atomic mass is 9.98. The van der Waals surface area contributed by atoms with E-state index in [1.807, 2.05) is 0 Å². The average Bonchev–Trinajstić information content (AvgIpc) is 2.28. The summed E-state index contributed by atoms with van der Waals surface area (Å²) >= 11 is 5.73. The number of aliphatic hydroxyl groups is 1. The Labute approximate surface area is 100.0 Å². The van der Waals surface area contributed by atoms with Crippen LogP contribution in [0.4, 0.5) is 0 Å². The van der Waals surface area contributed by atoms with E-state index in [9.17, 15) is 9.90 Å². The second-order valence-corrected chi connectivity index (χ2v) is 3.97. The topological polar surface area (TPSA) is 46.5 Å². The second kappa shape index (κ2) is 5.87. The lowest BCUT2D eigenvalue weighted by molar-refractivity contribution is -0.151. The van der Waals surface area contributed by atoms with Crippen LogP contribution in [0.15, 0.2) is 24.3 Å². The molecular weight excluding hydrogens is 228 g/mol. The summed E-state index contributed by atoms with van der Waals surface area (Å²) in [6.45, 7) is 3.69. The van der Waals surface area contributed by atoms with Crippen molar-refractivity contribution in [3.05, 3.63) is 34.9 Å². The lowest BCUT2D eigenvalue weighted by Gasteiger charge is -2.17. The third kappa shape index (κ3) is 3.22. The van der Waals surface area contributed by atoms with E-state index >= 15 is 0 Å². The van der Waals surface area contributed by atoms with Crippen LogP contribution in [0.5, 0.6) is 0 Å². The van der Waals surface area contributed by atoms with E-state index in [0.717, 1.165) is 0 Å². The van der Waals surface area contributed by atoms with Crippen LogP contribution in [0.1, 0.15) is 25.5 Å². The van der Waals surface area contributed by atoms with Crippen molar-refractivity contribution in [2.75, 3.05) is 6.61 Å². The van der Waals surface area contributed by atoms with Gasteiger partial charge in [-0.15, -0.1) is 0 Å². The Morgan fingerprint density at radius 2 is 2.00 bits per heavy atom. The number of carbonyl (C=O) groups excluding carboxylic acids is 1. The van der Waals surface area contributed by atoms with Crippen molar-refractivity contribution in [3.8, 4) is 0 Å². The van der Waals surface area contributed by atoms with Gasteiger partial charge >= 0.3 is 5.97 Å². The predicted octanol–water partition coefficient (Wildman–Crippen LogP) is 2.57. The summed E-state index contributed by atoms with van der Waals surface area (Å²) in [5.41, 5.74) is 0.657. The number of hydrogen-bond donors (Lipinski definition) is 1. The van der Waals surface area contributed by atoms with Crippen LogP contribution >= 0.6 is 11.6 Å². The van der Waals surface area contributed by atoms with Crippen molar-refractivity contribution >= 4 is 17.6 Å². The van der Waals surface area contributed by atoms with E-state index in [1.54, 1.807) is 38.1 Å². The van der Waals surface area contributed by atoms with Gasteiger partial charge in [-0.2, -0.15) is 0 Å². The fourth-order valence-electron chi connectivity index (χ4n) is 1.35. The van der Waals surface area contributed by atoms with E-state index in [1.165, 1.54) is 0 Å². The van der Waals surface area contributed by atoms with Crippen LogP contribution in [-0.2, 0) is 9.53 Å². The van der Waals surface area contributed by atoms with Gasteiger partial charge in [0.25, 0.3) is 0 Å². The zero-order valence-corrected chi connectivity index (χ0v) is 10.1. The number of halogens is 1. The summed E-state index contributed by atoms with van der Waals surface area (Å²) in [6, 6.07) is 6.75. The molecule has 0 aliphatic carbocycles. The second-order valence-electron chi connectivity index (χ2n) is 3.54. The van der Waals surface area contributed by atoms with Crippen LogP contribution in [0.2, 0.25) is 5.02 Å². The first-order chi connectivity index (χ1) is 7.56. The first-order valence-electron chi connectivity index (χ1n) is 5.16.